The Hall–Kier alpha value is 0.137. The van der Waals surface area contributed by atoms with E-state index < -0.39 is 8.07 Å². The van der Waals surface area contributed by atoms with Crippen molar-refractivity contribution in [2.75, 3.05) is 0 Å². The molecule has 1 N–H and O–H groups in total. The summed E-state index contributed by atoms with van der Waals surface area (Å²) in [4.78, 5) is 4.53. The topological polar surface area (TPSA) is 29.5 Å². The first-order chi connectivity index (χ1) is 4.93. The fraction of sp³-hybridized carbons (Fsp3) is 1.00. The highest BCUT2D eigenvalue weighted by molar-refractivity contribution is 6.77. The van der Waals surface area contributed by atoms with Gasteiger partial charge in [-0.2, -0.15) is 0 Å². The average Bonchev–Trinajstić information content (AvgIpc) is 1.86. The molecule has 0 aliphatic carbocycles. The number of hydrogen-bond donors (Lipinski definition) is 1. The van der Waals surface area contributed by atoms with Gasteiger partial charge in [-0.05, 0) is 5.92 Å². The van der Waals surface area contributed by atoms with Crippen LogP contribution in [0.15, 0.2) is 0 Å². The van der Waals surface area contributed by atoms with Crippen LogP contribution in [0.3, 0.4) is 0 Å². The van der Waals surface area contributed by atoms with Crippen molar-refractivity contribution in [3.8, 4) is 0 Å². The highest BCUT2D eigenvalue weighted by atomic mass is 28.3. The van der Waals surface area contributed by atoms with Gasteiger partial charge in [0, 0.05) is 0 Å². The van der Waals surface area contributed by atoms with Crippen LogP contribution in [-0.2, 0) is 4.89 Å². The lowest BCUT2D eigenvalue weighted by Gasteiger charge is -2.30. The normalized spacial score (nSPS) is 18.0. The molecular weight excluding hydrogens is 156 g/mol. The lowest BCUT2D eigenvalue weighted by Crippen LogP contribution is -2.44. The van der Waals surface area contributed by atoms with Gasteiger partial charge in [-0.1, -0.05) is 39.9 Å². The summed E-state index contributed by atoms with van der Waals surface area (Å²) in [7, 11) is -1.34. The Labute approximate surface area is 70.5 Å². The Morgan fingerprint density at radius 2 is 1.82 bits per heavy atom. The van der Waals surface area contributed by atoms with Gasteiger partial charge in [-0.15, -0.1) is 0 Å². The minimum atomic E-state index is -1.34. The van der Waals surface area contributed by atoms with Crippen LogP contribution in [-0.4, -0.2) is 19.1 Å². The van der Waals surface area contributed by atoms with E-state index >= 15 is 0 Å². The molecule has 0 radical (unpaired) electrons. The molecule has 0 aliphatic rings. The molecular formula is C8H20O2Si. The van der Waals surface area contributed by atoms with Crippen LogP contribution < -0.4 is 0 Å². The Morgan fingerprint density at radius 3 is 1.91 bits per heavy atom. The standard InChI is InChI=1S/C8H20O2Si/c1-6-7(2)8(10-9)11(3,4)5/h7-9H,6H2,1-5H3. The molecule has 68 valence electrons. The van der Waals surface area contributed by atoms with E-state index in [1.165, 1.54) is 0 Å². The number of hydrogen-bond acceptors (Lipinski definition) is 2. The quantitative estimate of drug-likeness (QED) is 0.405. The Morgan fingerprint density at radius 1 is 1.36 bits per heavy atom. The molecule has 2 atom stereocenters. The molecule has 0 fully saturated rings. The summed E-state index contributed by atoms with van der Waals surface area (Å²) in [6.07, 6.45) is 1.06. The van der Waals surface area contributed by atoms with E-state index in [2.05, 4.69) is 38.4 Å². The lowest BCUT2D eigenvalue weighted by molar-refractivity contribution is -0.268. The van der Waals surface area contributed by atoms with Crippen molar-refractivity contribution in [2.45, 2.75) is 45.6 Å². The van der Waals surface area contributed by atoms with Crippen LogP contribution >= 0.6 is 0 Å². The van der Waals surface area contributed by atoms with Gasteiger partial charge in [-0.25, -0.2) is 4.89 Å². The van der Waals surface area contributed by atoms with E-state index in [0.717, 1.165) is 6.42 Å². The van der Waals surface area contributed by atoms with Gasteiger partial charge < -0.3 is 0 Å². The van der Waals surface area contributed by atoms with E-state index in [1.807, 2.05) is 0 Å². The van der Waals surface area contributed by atoms with Gasteiger partial charge in [0.15, 0.2) is 0 Å². The van der Waals surface area contributed by atoms with Crippen molar-refractivity contribution >= 4 is 8.07 Å². The van der Waals surface area contributed by atoms with E-state index in [4.69, 9.17) is 5.26 Å². The average molecular weight is 176 g/mol. The van der Waals surface area contributed by atoms with Crippen molar-refractivity contribution < 1.29 is 10.1 Å². The van der Waals surface area contributed by atoms with Crippen molar-refractivity contribution in [3.63, 3.8) is 0 Å². The summed E-state index contributed by atoms with van der Waals surface area (Å²) in [6.45, 7) is 10.9. The summed E-state index contributed by atoms with van der Waals surface area (Å²) in [5.74, 6) is 0.465. The monoisotopic (exact) mass is 176 g/mol. The maximum atomic E-state index is 8.70. The Kier molecular flexibility index (Phi) is 4.29. The zero-order valence-electron chi connectivity index (χ0n) is 8.22. The molecule has 0 saturated heterocycles. The molecule has 0 aliphatic heterocycles. The smallest absolute Gasteiger partial charge is 0.0848 e. The van der Waals surface area contributed by atoms with Gasteiger partial charge >= 0.3 is 0 Å². The summed E-state index contributed by atoms with van der Waals surface area (Å²) in [5.41, 5.74) is 0.0764. The molecule has 3 heteroatoms. The molecule has 0 bridgehead atoms. The van der Waals surface area contributed by atoms with Crippen LogP contribution in [0.25, 0.3) is 0 Å². The highest BCUT2D eigenvalue weighted by Crippen LogP contribution is 2.20. The molecule has 0 heterocycles. The molecule has 0 spiro atoms. The molecule has 11 heavy (non-hydrogen) atoms. The second-order valence-corrected chi connectivity index (χ2v) is 9.58. The van der Waals surface area contributed by atoms with Gasteiger partial charge in [0.2, 0.25) is 0 Å². The number of rotatable bonds is 4. The summed E-state index contributed by atoms with van der Waals surface area (Å²) in [6, 6.07) is 0. The third kappa shape index (κ3) is 3.36. The van der Waals surface area contributed by atoms with Crippen LogP contribution in [0.5, 0.6) is 0 Å². The third-order valence-electron chi connectivity index (χ3n) is 2.13. The SMILES string of the molecule is CCC(C)C(OO)[Si](C)(C)C. The van der Waals surface area contributed by atoms with Gasteiger partial charge in [0.25, 0.3) is 0 Å². The Balaban J connectivity index is 4.16. The minimum Gasteiger partial charge on any atom is -0.252 e. The van der Waals surface area contributed by atoms with E-state index in [9.17, 15) is 0 Å². The van der Waals surface area contributed by atoms with Crippen LogP contribution in [0, 0.1) is 5.92 Å². The van der Waals surface area contributed by atoms with Crippen LogP contribution in [0.4, 0.5) is 0 Å². The highest BCUT2D eigenvalue weighted by Gasteiger charge is 2.31. The molecule has 0 saturated carbocycles. The fourth-order valence-electron chi connectivity index (χ4n) is 1.33. The van der Waals surface area contributed by atoms with Crippen molar-refractivity contribution in [1.29, 1.82) is 0 Å². The summed E-state index contributed by atoms with van der Waals surface area (Å²) < 4.78 is 0. The van der Waals surface area contributed by atoms with Crippen LogP contribution in [0.1, 0.15) is 20.3 Å². The summed E-state index contributed by atoms with van der Waals surface area (Å²) >= 11 is 0. The predicted octanol–water partition coefficient (Wildman–Crippen LogP) is 2.77. The third-order valence-corrected chi connectivity index (χ3v) is 4.51. The predicted molar refractivity (Wildman–Crippen MR) is 50.3 cm³/mol. The molecule has 2 unspecified atom stereocenters. The Bertz CT molecular complexity index is 109. The largest absolute Gasteiger partial charge is 0.252 e. The van der Waals surface area contributed by atoms with Crippen molar-refractivity contribution in [2.24, 2.45) is 5.92 Å². The van der Waals surface area contributed by atoms with Gasteiger partial charge in [0.05, 0.1) is 13.8 Å². The molecule has 0 aromatic carbocycles. The molecule has 2 nitrogen and oxygen atoms in total. The van der Waals surface area contributed by atoms with E-state index in [-0.39, 0.29) is 5.73 Å². The molecule has 0 aromatic rings. The summed E-state index contributed by atoms with van der Waals surface area (Å²) in [5, 5.41) is 8.70. The first-order valence-corrected chi connectivity index (χ1v) is 7.81. The zero-order chi connectivity index (χ0) is 9.07. The molecule has 0 amide bonds. The van der Waals surface area contributed by atoms with E-state index in [1.54, 1.807) is 0 Å². The van der Waals surface area contributed by atoms with Crippen molar-refractivity contribution in [3.05, 3.63) is 0 Å². The van der Waals surface area contributed by atoms with Crippen molar-refractivity contribution in [1.82, 2.24) is 0 Å². The second kappa shape index (κ2) is 4.23. The van der Waals surface area contributed by atoms with E-state index in [0.29, 0.717) is 5.92 Å². The first-order valence-electron chi connectivity index (χ1n) is 4.23. The zero-order valence-corrected chi connectivity index (χ0v) is 9.22. The maximum Gasteiger partial charge on any atom is 0.0848 e. The molecule has 0 rings (SSSR count). The van der Waals surface area contributed by atoms with Gasteiger partial charge in [0.1, 0.15) is 0 Å². The second-order valence-electron chi connectivity index (χ2n) is 4.28. The fourth-order valence-corrected chi connectivity index (χ4v) is 3.59. The first kappa shape index (κ1) is 11.1. The van der Waals surface area contributed by atoms with Gasteiger partial charge in [-0.3, -0.25) is 5.26 Å². The minimum absolute atomic E-state index is 0.0764. The molecule has 0 aromatic heterocycles. The lowest BCUT2D eigenvalue weighted by atomic mass is 10.1. The maximum absolute atomic E-state index is 8.70. The van der Waals surface area contributed by atoms with Crippen LogP contribution in [0.2, 0.25) is 19.6 Å².